The van der Waals surface area contributed by atoms with Gasteiger partial charge in [-0.2, -0.15) is 0 Å². The van der Waals surface area contributed by atoms with Crippen LogP contribution in [0, 0.1) is 0 Å². The van der Waals surface area contributed by atoms with E-state index in [4.69, 9.17) is 9.84 Å². The van der Waals surface area contributed by atoms with E-state index in [1.54, 1.807) is 7.11 Å². The van der Waals surface area contributed by atoms with Gasteiger partial charge in [-0.05, 0) is 38.1 Å². The van der Waals surface area contributed by atoms with E-state index in [0.29, 0.717) is 6.54 Å². The quantitative estimate of drug-likeness (QED) is 0.795. The number of anilines is 1. The summed E-state index contributed by atoms with van der Waals surface area (Å²) in [5.41, 5.74) is 0.973. The number of carboxylic acid groups (broad SMARTS) is 1. The highest BCUT2D eigenvalue weighted by molar-refractivity contribution is 5.68. The number of likely N-dealkylation sites (tertiary alicyclic amines) is 1. The van der Waals surface area contributed by atoms with Crippen molar-refractivity contribution in [3.8, 4) is 5.75 Å². The average Bonchev–Trinajstić information content (AvgIpc) is 3.00. The normalized spacial score (nSPS) is 15.1. The first-order valence-corrected chi connectivity index (χ1v) is 7.53. The second kappa shape index (κ2) is 7.88. The molecule has 0 bridgehead atoms. The van der Waals surface area contributed by atoms with Crippen LogP contribution in [0.1, 0.15) is 19.3 Å². The van der Waals surface area contributed by atoms with Gasteiger partial charge in [-0.15, -0.1) is 0 Å². The maximum Gasteiger partial charge on any atom is 0.305 e. The number of carboxylic acids is 1. The van der Waals surface area contributed by atoms with E-state index in [1.807, 2.05) is 24.3 Å². The first-order chi connectivity index (χ1) is 10.2. The lowest BCUT2D eigenvalue weighted by atomic mass is 10.2. The van der Waals surface area contributed by atoms with Gasteiger partial charge in [0.1, 0.15) is 5.75 Å². The molecule has 0 atom stereocenters. The number of para-hydroxylation sites is 2. The lowest BCUT2D eigenvalue weighted by Gasteiger charge is -2.28. The van der Waals surface area contributed by atoms with Gasteiger partial charge >= 0.3 is 5.97 Å². The molecule has 1 aromatic rings. The van der Waals surface area contributed by atoms with Gasteiger partial charge in [0, 0.05) is 19.6 Å². The number of nitrogens with zero attached hydrogens (tertiary/aromatic N) is 2. The van der Waals surface area contributed by atoms with Crippen LogP contribution in [0.25, 0.3) is 0 Å². The number of hydrogen-bond donors (Lipinski definition) is 1. The number of hydrogen-bond acceptors (Lipinski definition) is 4. The lowest BCUT2D eigenvalue weighted by Crippen LogP contribution is -2.35. The van der Waals surface area contributed by atoms with Crippen molar-refractivity contribution in [1.29, 1.82) is 0 Å². The molecule has 0 aromatic heterocycles. The Kier molecular flexibility index (Phi) is 5.87. The van der Waals surface area contributed by atoms with Crippen molar-refractivity contribution >= 4 is 11.7 Å². The molecule has 1 heterocycles. The molecule has 0 unspecified atom stereocenters. The highest BCUT2D eigenvalue weighted by atomic mass is 16.5. The lowest BCUT2D eigenvalue weighted by molar-refractivity contribution is -0.136. The maximum atomic E-state index is 10.9. The third-order valence-corrected chi connectivity index (χ3v) is 3.91. The summed E-state index contributed by atoms with van der Waals surface area (Å²) in [5, 5.41) is 8.95. The molecule has 1 aliphatic heterocycles. The zero-order valence-electron chi connectivity index (χ0n) is 12.6. The fourth-order valence-electron chi connectivity index (χ4n) is 2.74. The maximum absolute atomic E-state index is 10.9. The summed E-state index contributed by atoms with van der Waals surface area (Å²) >= 11 is 0. The molecule has 1 aliphatic rings. The van der Waals surface area contributed by atoms with E-state index in [1.165, 1.54) is 12.8 Å². The molecule has 21 heavy (non-hydrogen) atoms. The molecule has 0 saturated carbocycles. The Morgan fingerprint density at radius 3 is 2.67 bits per heavy atom. The molecule has 0 amide bonds. The average molecular weight is 292 g/mol. The predicted molar refractivity (Wildman–Crippen MR) is 83.1 cm³/mol. The fraction of sp³-hybridized carbons (Fsp3) is 0.562. The van der Waals surface area contributed by atoms with E-state index in [0.717, 1.165) is 37.6 Å². The van der Waals surface area contributed by atoms with Crippen LogP contribution in [0.2, 0.25) is 0 Å². The second-order valence-electron chi connectivity index (χ2n) is 5.35. The predicted octanol–water partition coefficient (Wildman–Crippen LogP) is 2.07. The van der Waals surface area contributed by atoms with Gasteiger partial charge < -0.3 is 19.6 Å². The van der Waals surface area contributed by atoms with Crippen molar-refractivity contribution in [3.05, 3.63) is 24.3 Å². The van der Waals surface area contributed by atoms with Crippen LogP contribution in [-0.4, -0.2) is 55.8 Å². The smallest absolute Gasteiger partial charge is 0.305 e. The molecule has 116 valence electrons. The zero-order chi connectivity index (χ0) is 15.1. The van der Waals surface area contributed by atoms with E-state index in [9.17, 15) is 4.79 Å². The van der Waals surface area contributed by atoms with Gasteiger partial charge in [0.25, 0.3) is 0 Å². The number of rotatable bonds is 8. The van der Waals surface area contributed by atoms with Gasteiger partial charge in [0.2, 0.25) is 0 Å². The number of methoxy groups -OCH3 is 1. The Morgan fingerprint density at radius 1 is 1.29 bits per heavy atom. The molecule has 5 heteroatoms. The van der Waals surface area contributed by atoms with E-state index < -0.39 is 5.97 Å². The minimum Gasteiger partial charge on any atom is -0.495 e. The molecule has 5 nitrogen and oxygen atoms in total. The van der Waals surface area contributed by atoms with Crippen LogP contribution in [0.4, 0.5) is 5.69 Å². The highest BCUT2D eigenvalue weighted by Gasteiger charge is 2.16. The Labute approximate surface area is 126 Å². The number of benzene rings is 1. The monoisotopic (exact) mass is 292 g/mol. The molecule has 0 radical (unpaired) electrons. The number of aliphatic carboxylic acids is 1. The fourth-order valence-corrected chi connectivity index (χ4v) is 2.74. The Morgan fingerprint density at radius 2 is 2.00 bits per heavy atom. The van der Waals surface area contributed by atoms with Crippen molar-refractivity contribution in [3.63, 3.8) is 0 Å². The van der Waals surface area contributed by atoms with Gasteiger partial charge in [0.15, 0.2) is 0 Å². The SMILES string of the molecule is COc1ccccc1N(CCC(=O)O)CCN1CCCC1. The molecular weight excluding hydrogens is 268 g/mol. The van der Waals surface area contributed by atoms with E-state index in [2.05, 4.69) is 9.80 Å². The van der Waals surface area contributed by atoms with Crippen molar-refractivity contribution in [2.45, 2.75) is 19.3 Å². The Hall–Kier alpha value is -1.75. The van der Waals surface area contributed by atoms with Crippen LogP contribution in [0.15, 0.2) is 24.3 Å². The van der Waals surface area contributed by atoms with Gasteiger partial charge in [-0.3, -0.25) is 4.79 Å². The molecule has 1 aromatic carbocycles. The van der Waals surface area contributed by atoms with E-state index in [-0.39, 0.29) is 6.42 Å². The largest absolute Gasteiger partial charge is 0.495 e. The third kappa shape index (κ3) is 4.63. The van der Waals surface area contributed by atoms with Crippen LogP contribution in [0.5, 0.6) is 5.75 Å². The summed E-state index contributed by atoms with van der Waals surface area (Å²) in [6, 6.07) is 7.79. The summed E-state index contributed by atoms with van der Waals surface area (Å²) in [4.78, 5) is 15.4. The molecule has 2 rings (SSSR count). The molecule has 0 spiro atoms. The van der Waals surface area contributed by atoms with Crippen molar-refractivity contribution in [2.75, 3.05) is 44.7 Å². The summed E-state index contributed by atoms with van der Waals surface area (Å²) in [6.45, 7) is 4.60. The van der Waals surface area contributed by atoms with Crippen molar-refractivity contribution < 1.29 is 14.6 Å². The second-order valence-corrected chi connectivity index (χ2v) is 5.35. The highest BCUT2D eigenvalue weighted by Crippen LogP contribution is 2.27. The third-order valence-electron chi connectivity index (χ3n) is 3.91. The summed E-state index contributed by atoms with van der Waals surface area (Å²) in [6.07, 6.45) is 2.67. The van der Waals surface area contributed by atoms with Gasteiger partial charge in [0.05, 0.1) is 19.2 Å². The topological polar surface area (TPSA) is 53.0 Å². The summed E-state index contributed by atoms with van der Waals surface area (Å²) < 4.78 is 5.40. The molecule has 1 fully saturated rings. The number of carbonyl (C=O) groups is 1. The summed E-state index contributed by atoms with van der Waals surface area (Å²) in [5.74, 6) is 0.0281. The van der Waals surface area contributed by atoms with E-state index >= 15 is 0 Å². The van der Waals surface area contributed by atoms with Crippen LogP contribution < -0.4 is 9.64 Å². The molecule has 1 saturated heterocycles. The molecular formula is C16H24N2O3. The van der Waals surface area contributed by atoms with Crippen LogP contribution in [-0.2, 0) is 4.79 Å². The standard InChI is InChI=1S/C16H24N2O3/c1-21-15-7-3-2-6-14(15)18(11-8-16(19)20)13-12-17-9-4-5-10-17/h2-3,6-7H,4-5,8-13H2,1H3,(H,19,20). The minimum atomic E-state index is -0.768. The Balaban J connectivity index is 2.04. The van der Waals surface area contributed by atoms with Gasteiger partial charge in [-0.1, -0.05) is 12.1 Å². The molecule has 1 N–H and O–H groups in total. The number of ether oxygens (including phenoxy) is 1. The van der Waals surface area contributed by atoms with Crippen LogP contribution >= 0.6 is 0 Å². The molecule has 0 aliphatic carbocycles. The van der Waals surface area contributed by atoms with Gasteiger partial charge in [-0.25, -0.2) is 0 Å². The first-order valence-electron chi connectivity index (χ1n) is 7.53. The minimum absolute atomic E-state index is 0.137. The van der Waals surface area contributed by atoms with Crippen molar-refractivity contribution in [1.82, 2.24) is 4.90 Å². The van der Waals surface area contributed by atoms with Crippen LogP contribution in [0.3, 0.4) is 0 Å². The zero-order valence-corrected chi connectivity index (χ0v) is 12.6. The Bertz CT molecular complexity index is 459. The van der Waals surface area contributed by atoms with Crippen molar-refractivity contribution in [2.24, 2.45) is 0 Å². The summed E-state index contributed by atoms with van der Waals surface area (Å²) in [7, 11) is 1.65. The first kappa shape index (κ1) is 15.6.